The third-order valence-corrected chi connectivity index (χ3v) is 2.56. The highest BCUT2D eigenvalue weighted by atomic mass is 14.6. The average Bonchev–Trinajstić information content (AvgIpc) is 2.95. The summed E-state index contributed by atoms with van der Waals surface area (Å²) in [5.41, 5.74) is 0.368. The number of rotatable bonds is 1. The van der Waals surface area contributed by atoms with Gasteiger partial charge in [0, 0.05) is 5.92 Å². The lowest BCUT2D eigenvalue weighted by Gasteiger charge is -1.97. The summed E-state index contributed by atoms with van der Waals surface area (Å²) in [5, 5.41) is 17.6. The van der Waals surface area contributed by atoms with Crippen molar-refractivity contribution in [1.82, 2.24) is 0 Å². The first-order chi connectivity index (χ1) is 6.32. The number of nitrogens with zero attached hydrogens (tertiary/aromatic N) is 2. The molecule has 0 unspecified atom stereocenters. The van der Waals surface area contributed by atoms with Crippen LogP contribution < -0.4 is 0 Å². The molecular weight excluding hydrogens is 160 g/mol. The molecule has 62 valence electrons. The quantitative estimate of drug-likeness (QED) is 0.645. The molecule has 0 aliphatic heterocycles. The monoisotopic (exact) mass is 168 g/mol. The van der Waals surface area contributed by atoms with E-state index in [1.807, 2.05) is 30.3 Å². The van der Waals surface area contributed by atoms with Crippen molar-refractivity contribution in [1.29, 1.82) is 10.5 Å². The van der Waals surface area contributed by atoms with Gasteiger partial charge in [-0.15, -0.1) is 0 Å². The Bertz CT molecular complexity index is 380. The lowest BCUT2D eigenvalue weighted by molar-refractivity contribution is 0.841. The summed E-state index contributed by atoms with van der Waals surface area (Å²) in [6.45, 7) is 0. The van der Waals surface area contributed by atoms with Crippen LogP contribution in [0.3, 0.4) is 0 Å². The van der Waals surface area contributed by atoms with Gasteiger partial charge in [0.2, 0.25) is 0 Å². The third kappa shape index (κ3) is 1.08. The molecule has 1 saturated carbocycles. The molecule has 1 aliphatic rings. The third-order valence-electron chi connectivity index (χ3n) is 2.56. The highest BCUT2D eigenvalue weighted by molar-refractivity contribution is 5.40. The Morgan fingerprint density at radius 3 is 2.23 bits per heavy atom. The maximum atomic E-state index is 8.82. The van der Waals surface area contributed by atoms with Crippen molar-refractivity contribution >= 4 is 0 Å². The van der Waals surface area contributed by atoms with Crippen molar-refractivity contribution in [3.05, 3.63) is 35.9 Å². The van der Waals surface area contributed by atoms with Crippen LogP contribution in [0.1, 0.15) is 17.9 Å². The molecule has 0 aromatic heterocycles. The van der Waals surface area contributed by atoms with Gasteiger partial charge in [0.05, 0.1) is 12.1 Å². The van der Waals surface area contributed by atoms with E-state index in [1.165, 1.54) is 0 Å². The Hall–Kier alpha value is -1.80. The van der Waals surface area contributed by atoms with Gasteiger partial charge >= 0.3 is 0 Å². The first-order valence-corrected chi connectivity index (χ1v) is 4.20. The van der Waals surface area contributed by atoms with Gasteiger partial charge in [-0.05, 0) is 12.0 Å². The standard InChI is InChI=1S/C11H8N2/c12-7-11(8-13)6-10(11)9-4-2-1-3-5-9/h1-5,10H,6H2/t10-/m1/s1. The number of benzene rings is 1. The van der Waals surface area contributed by atoms with E-state index in [0.717, 1.165) is 5.56 Å². The van der Waals surface area contributed by atoms with E-state index in [9.17, 15) is 0 Å². The van der Waals surface area contributed by atoms with E-state index in [4.69, 9.17) is 10.5 Å². The van der Waals surface area contributed by atoms with Crippen LogP contribution in [0.15, 0.2) is 30.3 Å². The molecule has 2 heteroatoms. The first kappa shape index (κ1) is 7.83. The molecule has 1 aromatic rings. The predicted molar refractivity (Wildman–Crippen MR) is 47.5 cm³/mol. The maximum Gasteiger partial charge on any atom is 0.151 e. The largest absolute Gasteiger partial charge is 0.197 e. The van der Waals surface area contributed by atoms with Crippen LogP contribution in [-0.4, -0.2) is 0 Å². The molecule has 0 N–H and O–H groups in total. The molecule has 0 radical (unpaired) electrons. The fraction of sp³-hybridized carbons (Fsp3) is 0.273. The highest BCUT2D eigenvalue weighted by Gasteiger charge is 2.56. The van der Waals surface area contributed by atoms with Gasteiger partial charge in [-0.3, -0.25) is 0 Å². The van der Waals surface area contributed by atoms with Crippen molar-refractivity contribution in [2.45, 2.75) is 12.3 Å². The van der Waals surface area contributed by atoms with Crippen molar-refractivity contribution in [3.8, 4) is 12.1 Å². The first-order valence-electron chi connectivity index (χ1n) is 4.20. The zero-order chi connectivity index (χ0) is 9.31. The van der Waals surface area contributed by atoms with Crippen molar-refractivity contribution in [2.75, 3.05) is 0 Å². The van der Waals surface area contributed by atoms with E-state index in [1.54, 1.807) is 0 Å². The predicted octanol–water partition coefficient (Wildman–Crippen LogP) is 2.21. The van der Waals surface area contributed by atoms with Crippen molar-refractivity contribution in [3.63, 3.8) is 0 Å². The van der Waals surface area contributed by atoms with Gasteiger partial charge in [0.15, 0.2) is 5.41 Å². The number of hydrogen-bond donors (Lipinski definition) is 0. The number of hydrogen-bond acceptors (Lipinski definition) is 2. The van der Waals surface area contributed by atoms with Crippen LogP contribution in [-0.2, 0) is 0 Å². The minimum Gasteiger partial charge on any atom is -0.197 e. The Kier molecular flexibility index (Phi) is 1.57. The molecule has 1 aliphatic carbocycles. The Morgan fingerprint density at radius 2 is 1.77 bits per heavy atom. The van der Waals surface area contributed by atoms with Crippen LogP contribution in [0.2, 0.25) is 0 Å². The normalized spacial score (nSPS) is 22.8. The fourth-order valence-electron chi connectivity index (χ4n) is 1.62. The van der Waals surface area contributed by atoms with Crippen LogP contribution >= 0.6 is 0 Å². The second kappa shape index (κ2) is 2.61. The minimum atomic E-state index is -0.735. The molecule has 0 spiro atoms. The van der Waals surface area contributed by atoms with Gasteiger partial charge in [-0.2, -0.15) is 10.5 Å². The van der Waals surface area contributed by atoms with Gasteiger partial charge in [-0.1, -0.05) is 30.3 Å². The molecule has 2 nitrogen and oxygen atoms in total. The second-order valence-electron chi connectivity index (χ2n) is 3.36. The molecule has 0 bridgehead atoms. The summed E-state index contributed by atoms with van der Waals surface area (Å²) < 4.78 is 0. The van der Waals surface area contributed by atoms with Crippen LogP contribution in [0.25, 0.3) is 0 Å². The molecule has 13 heavy (non-hydrogen) atoms. The molecule has 1 aromatic carbocycles. The highest BCUT2D eigenvalue weighted by Crippen LogP contribution is 2.58. The Labute approximate surface area is 77.0 Å². The van der Waals surface area contributed by atoms with Gasteiger partial charge < -0.3 is 0 Å². The SMILES string of the molecule is N#CC1(C#N)C[C@@H]1c1ccccc1. The van der Waals surface area contributed by atoms with Gasteiger partial charge in [0.25, 0.3) is 0 Å². The number of nitriles is 2. The van der Waals surface area contributed by atoms with Crippen LogP contribution in [0.4, 0.5) is 0 Å². The topological polar surface area (TPSA) is 47.6 Å². The smallest absolute Gasteiger partial charge is 0.151 e. The summed E-state index contributed by atoms with van der Waals surface area (Å²) >= 11 is 0. The molecule has 0 heterocycles. The molecule has 1 fully saturated rings. The lowest BCUT2D eigenvalue weighted by atomic mass is 10.0. The van der Waals surface area contributed by atoms with E-state index in [2.05, 4.69) is 12.1 Å². The van der Waals surface area contributed by atoms with Crippen molar-refractivity contribution in [2.24, 2.45) is 5.41 Å². The zero-order valence-corrected chi connectivity index (χ0v) is 7.07. The zero-order valence-electron chi connectivity index (χ0n) is 7.07. The summed E-state index contributed by atoms with van der Waals surface area (Å²) in [6.07, 6.45) is 0.685. The maximum absolute atomic E-state index is 8.82. The Morgan fingerprint density at radius 1 is 1.15 bits per heavy atom. The van der Waals surface area contributed by atoms with Gasteiger partial charge in [-0.25, -0.2) is 0 Å². The van der Waals surface area contributed by atoms with Crippen LogP contribution in [0.5, 0.6) is 0 Å². The summed E-state index contributed by atoms with van der Waals surface area (Å²) in [7, 11) is 0. The van der Waals surface area contributed by atoms with E-state index < -0.39 is 5.41 Å². The minimum absolute atomic E-state index is 0.128. The summed E-state index contributed by atoms with van der Waals surface area (Å²) in [6, 6.07) is 13.9. The molecular formula is C11H8N2. The van der Waals surface area contributed by atoms with E-state index >= 15 is 0 Å². The fourth-order valence-corrected chi connectivity index (χ4v) is 1.62. The lowest BCUT2D eigenvalue weighted by Crippen LogP contribution is -1.94. The van der Waals surface area contributed by atoms with Crippen LogP contribution in [0, 0.1) is 28.1 Å². The molecule has 2 rings (SSSR count). The second-order valence-corrected chi connectivity index (χ2v) is 3.36. The van der Waals surface area contributed by atoms with Gasteiger partial charge in [0.1, 0.15) is 0 Å². The van der Waals surface area contributed by atoms with E-state index in [0.29, 0.717) is 6.42 Å². The molecule has 1 atom stereocenters. The molecule has 0 saturated heterocycles. The summed E-state index contributed by atoms with van der Waals surface area (Å²) in [4.78, 5) is 0. The molecule has 0 amide bonds. The van der Waals surface area contributed by atoms with E-state index in [-0.39, 0.29) is 5.92 Å². The summed E-state index contributed by atoms with van der Waals surface area (Å²) in [5.74, 6) is 0.128. The average molecular weight is 168 g/mol. The Balaban J connectivity index is 2.27. The van der Waals surface area contributed by atoms with Crippen molar-refractivity contribution < 1.29 is 0 Å².